The lowest BCUT2D eigenvalue weighted by Crippen LogP contribution is -2.53. The Bertz CT molecular complexity index is 277. The quantitative estimate of drug-likeness (QED) is 0.707. The molecule has 1 amide bonds. The predicted octanol–water partition coefficient (Wildman–Crippen LogP) is 1.88. The van der Waals surface area contributed by atoms with Crippen LogP contribution in [0.25, 0.3) is 0 Å². The van der Waals surface area contributed by atoms with Crippen LogP contribution in [0.2, 0.25) is 0 Å². The molecule has 1 atom stereocenters. The summed E-state index contributed by atoms with van der Waals surface area (Å²) in [7, 11) is 2.21. The van der Waals surface area contributed by atoms with Gasteiger partial charge in [0, 0.05) is 6.04 Å². The summed E-state index contributed by atoms with van der Waals surface area (Å²) in [4.78, 5) is 14.0. The average Bonchev–Trinajstić information content (AvgIpc) is 2.39. The minimum atomic E-state index is -0.553. The lowest BCUT2D eigenvalue weighted by molar-refractivity contribution is -0.124. The van der Waals surface area contributed by atoms with E-state index in [0.29, 0.717) is 0 Å². The molecule has 0 heterocycles. The number of nitrogens with zero attached hydrogens (tertiary/aromatic N) is 1. The van der Waals surface area contributed by atoms with Gasteiger partial charge in [-0.05, 0) is 52.7 Å². The van der Waals surface area contributed by atoms with E-state index in [1.807, 2.05) is 13.8 Å². The molecule has 1 fully saturated rings. The number of carbonyl (C=O) groups excluding carboxylic acids is 1. The van der Waals surface area contributed by atoms with Crippen molar-refractivity contribution >= 4 is 5.91 Å². The molecule has 4 nitrogen and oxygen atoms in total. The summed E-state index contributed by atoms with van der Waals surface area (Å²) in [5.41, 5.74) is 4.95. The topological polar surface area (TPSA) is 58.4 Å². The number of carbonyl (C=O) groups is 1. The number of nitrogens with one attached hydrogen (secondary N) is 1. The van der Waals surface area contributed by atoms with E-state index >= 15 is 0 Å². The van der Waals surface area contributed by atoms with E-state index in [1.54, 1.807) is 0 Å². The van der Waals surface area contributed by atoms with Crippen LogP contribution >= 0.6 is 0 Å². The first kappa shape index (κ1) is 16.4. The van der Waals surface area contributed by atoms with Gasteiger partial charge in [0.1, 0.15) is 0 Å². The Morgan fingerprint density at radius 2 is 2.00 bits per heavy atom. The standard InChI is InChI=1S/C15H31N3O/c1-4-17-15(2,14(16)19)11-8-12-18(3)13-9-6-5-7-10-13/h13,17H,4-12H2,1-3H3,(H2,16,19). The highest BCUT2D eigenvalue weighted by molar-refractivity contribution is 5.84. The monoisotopic (exact) mass is 269 g/mol. The zero-order valence-corrected chi connectivity index (χ0v) is 12.9. The van der Waals surface area contributed by atoms with Crippen molar-refractivity contribution < 1.29 is 4.79 Å². The Kier molecular flexibility index (Phi) is 6.80. The molecule has 1 saturated carbocycles. The first-order valence-electron chi connectivity index (χ1n) is 7.75. The number of rotatable bonds is 8. The molecule has 0 saturated heterocycles. The Labute approximate surface area is 118 Å². The molecule has 0 aromatic rings. The summed E-state index contributed by atoms with van der Waals surface area (Å²) in [6, 6.07) is 0.743. The van der Waals surface area contributed by atoms with Crippen molar-refractivity contribution in [2.45, 2.75) is 70.4 Å². The van der Waals surface area contributed by atoms with Crippen LogP contribution in [-0.2, 0) is 4.79 Å². The minimum Gasteiger partial charge on any atom is -0.368 e. The van der Waals surface area contributed by atoms with Gasteiger partial charge in [-0.25, -0.2) is 0 Å². The van der Waals surface area contributed by atoms with Gasteiger partial charge < -0.3 is 16.0 Å². The first-order valence-corrected chi connectivity index (χ1v) is 7.75. The van der Waals surface area contributed by atoms with Crippen LogP contribution in [0.4, 0.5) is 0 Å². The van der Waals surface area contributed by atoms with E-state index in [-0.39, 0.29) is 5.91 Å². The van der Waals surface area contributed by atoms with Crippen LogP contribution in [0.1, 0.15) is 58.8 Å². The third-order valence-corrected chi connectivity index (χ3v) is 4.50. The van der Waals surface area contributed by atoms with Gasteiger partial charge in [0.25, 0.3) is 0 Å². The number of primary amides is 1. The second-order valence-corrected chi connectivity index (χ2v) is 6.10. The molecule has 0 bridgehead atoms. The Morgan fingerprint density at radius 3 is 2.53 bits per heavy atom. The summed E-state index contributed by atoms with van der Waals surface area (Å²) in [6.45, 7) is 5.76. The van der Waals surface area contributed by atoms with E-state index in [9.17, 15) is 4.79 Å². The van der Waals surface area contributed by atoms with Gasteiger partial charge in [0.2, 0.25) is 5.91 Å². The van der Waals surface area contributed by atoms with E-state index in [4.69, 9.17) is 5.73 Å². The average molecular weight is 269 g/mol. The van der Waals surface area contributed by atoms with Gasteiger partial charge >= 0.3 is 0 Å². The zero-order chi connectivity index (χ0) is 14.3. The van der Waals surface area contributed by atoms with Crippen LogP contribution in [0, 0.1) is 0 Å². The molecular formula is C15H31N3O. The largest absolute Gasteiger partial charge is 0.368 e. The molecule has 19 heavy (non-hydrogen) atoms. The molecule has 0 aromatic heterocycles. The van der Waals surface area contributed by atoms with Gasteiger partial charge in [-0.3, -0.25) is 4.79 Å². The Balaban J connectivity index is 2.32. The highest BCUT2D eigenvalue weighted by Crippen LogP contribution is 2.22. The normalized spacial score (nSPS) is 20.4. The summed E-state index contributed by atoms with van der Waals surface area (Å²) in [5, 5.41) is 3.22. The second-order valence-electron chi connectivity index (χ2n) is 6.10. The molecule has 1 aliphatic rings. The van der Waals surface area contributed by atoms with Crippen molar-refractivity contribution in [3.63, 3.8) is 0 Å². The molecule has 112 valence electrons. The van der Waals surface area contributed by atoms with E-state index in [1.165, 1.54) is 32.1 Å². The summed E-state index contributed by atoms with van der Waals surface area (Å²) < 4.78 is 0. The fourth-order valence-electron chi connectivity index (χ4n) is 3.08. The summed E-state index contributed by atoms with van der Waals surface area (Å²) in [6.07, 6.45) is 8.61. The number of amides is 1. The minimum absolute atomic E-state index is 0.241. The van der Waals surface area contributed by atoms with Crippen LogP contribution in [0.15, 0.2) is 0 Å². The van der Waals surface area contributed by atoms with Gasteiger partial charge in [-0.2, -0.15) is 0 Å². The van der Waals surface area contributed by atoms with Crippen LogP contribution < -0.4 is 11.1 Å². The maximum Gasteiger partial charge on any atom is 0.237 e. The summed E-state index contributed by atoms with van der Waals surface area (Å²) in [5.74, 6) is -0.241. The molecule has 0 aliphatic heterocycles. The molecule has 1 rings (SSSR count). The maximum atomic E-state index is 11.5. The molecule has 4 heteroatoms. The van der Waals surface area contributed by atoms with Crippen molar-refractivity contribution in [1.29, 1.82) is 0 Å². The Hall–Kier alpha value is -0.610. The van der Waals surface area contributed by atoms with Crippen molar-refractivity contribution in [2.75, 3.05) is 20.1 Å². The van der Waals surface area contributed by atoms with Crippen LogP contribution in [-0.4, -0.2) is 42.5 Å². The van der Waals surface area contributed by atoms with Crippen LogP contribution in [0.3, 0.4) is 0 Å². The molecule has 0 aromatic carbocycles. The van der Waals surface area contributed by atoms with Gasteiger partial charge in [0.15, 0.2) is 0 Å². The van der Waals surface area contributed by atoms with Crippen molar-refractivity contribution in [1.82, 2.24) is 10.2 Å². The van der Waals surface area contributed by atoms with Crippen LogP contribution in [0.5, 0.6) is 0 Å². The highest BCUT2D eigenvalue weighted by Gasteiger charge is 2.29. The third-order valence-electron chi connectivity index (χ3n) is 4.50. The number of likely N-dealkylation sites (N-methyl/N-ethyl adjacent to an activating group) is 1. The number of hydrogen-bond donors (Lipinski definition) is 2. The zero-order valence-electron chi connectivity index (χ0n) is 12.9. The number of nitrogens with two attached hydrogens (primary N) is 1. The van der Waals surface area contributed by atoms with E-state index < -0.39 is 5.54 Å². The SMILES string of the molecule is CCNC(C)(CCCN(C)C1CCCCC1)C(N)=O. The molecule has 0 spiro atoms. The molecule has 3 N–H and O–H groups in total. The van der Waals surface area contributed by atoms with E-state index in [0.717, 1.165) is 32.0 Å². The van der Waals surface area contributed by atoms with Crippen molar-refractivity contribution in [3.8, 4) is 0 Å². The Morgan fingerprint density at radius 1 is 1.37 bits per heavy atom. The van der Waals surface area contributed by atoms with Crippen molar-refractivity contribution in [2.24, 2.45) is 5.73 Å². The molecule has 1 unspecified atom stereocenters. The molecule has 1 aliphatic carbocycles. The number of hydrogen-bond acceptors (Lipinski definition) is 3. The predicted molar refractivity (Wildman–Crippen MR) is 80.0 cm³/mol. The lowest BCUT2D eigenvalue weighted by Gasteiger charge is -2.32. The summed E-state index contributed by atoms with van der Waals surface area (Å²) >= 11 is 0. The molecule has 0 radical (unpaired) electrons. The molecular weight excluding hydrogens is 238 g/mol. The van der Waals surface area contributed by atoms with Crippen molar-refractivity contribution in [3.05, 3.63) is 0 Å². The smallest absolute Gasteiger partial charge is 0.237 e. The van der Waals surface area contributed by atoms with E-state index in [2.05, 4.69) is 17.3 Å². The second kappa shape index (κ2) is 7.85. The van der Waals surface area contributed by atoms with Gasteiger partial charge in [0.05, 0.1) is 5.54 Å². The third kappa shape index (κ3) is 5.11. The highest BCUT2D eigenvalue weighted by atomic mass is 16.1. The van der Waals surface area contributed by atoms with Gasteiger partial charge in [-0.15, -0.1) is 0 Å². The first-order chi connectivity index (χ1) is 8.99. The fourth-order valence-corrected chi connectivity index (χ4v) is 3.08. The lowest BCUT2D eigenvalue weighted by atomic mass is 9.92. The maximum absolute atomic E-state index is 11.5. The fraction of sp³-hybridized carbons (Fsp3) is 0.933. The van der Waals surface area contributed by atoms with Gasteiger partial charge in [-0.1, -0.05) is 26.2 Å².